The Balaban J connectivity index is 1.90. The predicted molar refractivity (Wildman–Crippen MR) is 112 cm³/mol. The molecule has 150 valence electrons. The van der Waals surface area contributed by atoms with Gasteiger partial charge in [-0.25, -0.2) is 9.59 Å². The van der Waals surface area contributed by atoms with Crippen molar-refractivity contribution >= 4 is 43.9 Å². The highest BCUT2D eigenvalue weighted by Crippen LogP contribution is 2.33. The first-order valence-electron chi connectivity index (χ1n) is 8.37. The van der Waals surface area contributed by atoms with Gasteiger partial charge in [-0.15, -0.1) is 0 Å². The maximum atomic E-state index is 12.1. The van der Waals surface area contributed by atoms with Crippen LogP contribution in [-0.4, -0.2) is 41.9 Å². The van der Waals surface area contributed by atoms with Crippen LogP contribution in [0.15, 0.2) is 45.3 Å². The maximum Gasteiger partial charge on any atom is 0.326 e. The number of rotatable bonds is 8. The Labute approximate surface area is 179 Å². The lowest BCUT2D eigenvalue weighted by molar-refractivity contribution is -0.139. The maximum absolute atomic E-state index is 12.1. The zero-order valence-corrected chi connectivity index (χ0v) is 18.2. The summed E-state index contributed by atoms with van der Waals surface area (Å²) in [5, 5.41) is 24.3. The molecule has 0 aliphatic heterocycles. The molecule has 0 spiro atoms. The van der Waals surface area contributed by atoms with Gasteiger partial charge >= 0.3 is 12.0 Å². The molecule has 0 fully saturated rings. The predicted octanol–water partition coefficient (Wildman–Crippen LogP) is 3.46. The van der Waals surface area contributed by atoms with Crippen molar-refractivity contribution in [3.8, 4) is 11.5 Å². The summed E-state index contributed by atoms with van der Waals surface area (Å²) in [5.41, 5.74) is 1.63. The molecule has 0 saturated heterocycles. The second-order valence-corrected chi connectivity index (χ2v) is 7.71. The van der Waals surface area contributed by atoms with Crippen LogP contribution in [0.1, 0.15) is 11.1 Å². The van der Waals surface area contributed by atoms with E-state index in [1.165, 1.54) is 0 Å². The van der Waals surface area contributed by atoms with Gasteiger partial charge in [-0.05, 0) is 73.7 Å². The summed E-state index contributed by atoms with van der Waals surface area (Å²) in [6, 6.07) is 9.04. The van der Waals surface area contributed by atoms with Gasteiger partial charge < -0.3 is 25.6 Å². The van der Waals surface area contributed by atoms with Gasteiger partial charge in [0, 0.05) is 13.0 Å². The Morgan fingerprint density at radius 2 is 1.82 bits per heavy atom. The van der Waals surface area contributed by atoms with Crippen LogP contribution in [0.5, 0.6) is 11.5 Å². The van der Waals surface area contributed by atoms with Crippen molar-refractivity contribution in [3.63, 3.8) is 0 Å². The summed E-state index contributed by atoms with van der Waals surface area (Å²) in [6.07, 6.45) is 0.649. The Hall–Kier alpha value is -2.26. The molecule has 28 heavy (non-hydrogen) atoms. The van der Waals surface area contributed by atoms with Gasteiger partial charge in [0.15, 0.2) is 0 Å². The Morgan fingerprint density at radius 1 is 1.14 bits per heavy atom. The zero-order chi connectivity index (χ0) is 20.7. The number of hydrogen-bond acceptors (Lipinski definition) is 4. The number of amides is 2. The van der Waals surface area contributed by atoms with Crippen molar-refractivity contribution in [3.05, 3.63) is 56.5 Å². The Morgan fingerprint density at radius 3 is 2.43 bits per heavy atom. The van der Waals surface area contributed by atoms with Crippen molar-refractivity contribution in [2.75, 3.05) is 13.7 Å². The number of hydrogen-bond donors (Lipinski definition) is 4. The second-order valence-electron chi connectivity index (χ2n) is 6.00. The normalized spacial score (nSPS) is 11.5. The molecule has 0 unspecified atom stereocenters. The average molecular weight is 516 g/mol. The number of methoxy groups -OCH3 is 1. The van der Waals surface area contributed by atoms with E-state index >= 15 is 0 Å². The lowest BCUT2D eigenvalue weighted by Crippen LogP contribution is -2.47. The molecular weight excluding hydrogens is 496 g/mol. The molecule has 2 amide bonds. The quantitative estimate of drug-likeness (QED) is 0.430. The number of carboxylic acid groups (broad SMARTS) is 1. The van der Waals surface area contributed by atoms with Crippen LogP contribution < -0.4 is 15.4 Å². The Kier molecular flexibility index (Phi) is 8.13. The number of phenols is 1. The molecule has 0 aliphatic rings. The van der Waals surface area contributed by atoms with E-state index in [1.807, 2.05) is 24.3 Å². The van der Waals surface area contributed by atoms with Crippen LogP contribution in [0.25, 0.3) is 0 Å². The zero-order valence-electron chi connectivity index (χ0n) is 15.0. The first-order chi connectivity index (χ1) is 13.3. The van der Waals surface area contributed by atoms with Crippen LogP contribution >= 0.6 is 31.9 Å². The number of ether oxygens (including phenoxy) is 1. The van der Waals surface area contributed by atoms with Gasteiger partial charge in [-0.1, -0.05) is 12.1 Å². The van der Waals surface area contributed by atoms with Crippen LogP contribution in [0, 0.1) is 0 Å². The molecule has 0 aromatic heterocycles. The molecular formula is C19H20Br2N2O5. The topological polar surface area (TPSA) is 108 Å². The molecule has 2 aromatic carbocycles. The van der Waals surface area contributed by atoms with Crippen molar-refractivity contribution in [1.29, 1.82) is 0 Å². The minimum Gasteiger partial charge on any atom is -0.506 e. The fraction of sp³-hybridized carbons (Fsp3) is 0.263. The summed E-state index contributed by atoms with van der Waals surface area (Å²) < 4.78 is 6.02. The number of halogens is 2. The van der Waals surface area contributed by atoms with Gasteiger partial charge in [0.1, 0.15) is 17.5 Å². The lowest BCUT2D eigenvalue weighted by Gasteiger charge is -2.16. The number of benzene rings is 2. The van der Waals surface area contributed by atoms with Crippen molar-refractivity contribution < 1.29 is 24.5 Å². The Bertz CT molecular complexity index is 837. The smallest absolute Gasteiger partial charge is 0.326 e. The summed E-state index contributed by atoms with van der Waals surface area (Å²) in [6.45, 7) is 0.349. The third kappa shape index (κ3) is 6.42. The standard InChI is InChI=1S/C19H20Br2N2O5/c1-28-13-4-2-3-11(7-13)5-6-22-19(27)23-16(18(25)26)10-12-8-14(20)17(24)15(21)9-12/h2-4,7-9,16,24H,5-6,10H2,1H3,(H,25,26)(H2,22,23,27)/t16-/m1/s1. The average Bonchev–Trinajstić information content (AvgIpc) is 2.65. The van der Waals surface area contributed by atoms with Gasteiger partial charge in [-0.3, -0.25) is 0 Å². The highest BCUT2D eigenvalue weighted by Gasteiger charge is 2.21. The molecule has 9 heteroatoms. The number of carbonyl (C=O) groups is 2. The molecule has 2 aromatic rings. The number of aromatic hydroxyl groups is 1. The summed E-state index contributed by atoms with van der Waals surface area (Å²) in [5.74, 6) is -0.388. The summed E-state index contributed by atoms with van der Waals surface area (Å²) >= 11 is 6.41. The molecule has 4 N–H and O–H groups in total. The number of carboxylic acids is 1. The van der Waals surface area contributed by atoms with E-state index in [1.54, 1.807) is 19.2 Å². The van der Waals surface area contributed by atoms with Crippen molar-refractivity contribution in [1.82, 2.24) is 10.6 Å². The van der Waals surface area contributed by atoms with Crippen LogP contribution in [-0.2, 0) is 17.6 Å². The van der Waals surface area contributed by atoms with E-state index in [9.17, 15) is 19.8 Å². The van der Waals surface area contributed by atoms with E-state index in [4.69, 9.17) is 4.74 Å². The minimum absolute atomic E-state index is 0.0267. The van der Waals surface area contributed by atoms with E-state index in [0.717, 1.165) is 11.3 Å². The van der Waals surface area contributed by atoms with Crippen molar-refractivity contribution in [2.24, 2.45) is 0 Å². The van der Waals surface area contributed by atoms with E-state index in [2.05, 4.69) is 42.5 Å². The van der Waals surface area contributed by atoms with Gasteiger partial charge in [-0.2, -0.15) is 0 Å². The number of carbonyl (C=O) groups excluding carboxylic acids is 1. The van der Waals surface area contributed by atoms with Gasteiger partial charge in [0.25, 0.3) is 0 Å². The SMILES string of the molecule is COc1cccc(CCNC(=O)N[C@H](Cc2cc(Br)c(O)c(Br)c2)C(=O)O)c1. The van der Waals surface area contributed by atoms with Crippen LogP contribution in [0.3, 0.4) is 0 Å². The number of phenolic OH excluding ortho intramolecular Hbond substituents is 1. The minimum atomic E-state index is -1.15. The molecule has 0 heterocycles. The fourth-order valence-electron chi connectivity index (χ4n) is 2.53. The molecule has 2 rings (SSSR count). The number of nitrogens with one attached hydrogen (secondary N) is 2. The molecule has 0 bridgehead atoms. The molecule has 7 nitrogen and oxygen atoms in total. The number of urea groups is 1. The third-order valence-corrected chi connectivity index (χ3v) is 5.16. The second kappa shape index (κ2) is 10.3. The van der Waals surface area contributed by atoms with E-state index < -0.39 is 18.0 Å². The lowest BCUT2D eigenvalue weighted by atomic mass is 10.1. The molecule has 0 saturated carbocycles. The van der Waals surface area contributed by atoms with Crippen LogP contribution in [0.2, 0.25) is 0 Å². The van der Waals surface area contributed by atoms with E-state index in [0.29, 0.717) is 27.5 Å². The molecule has 0 radical (unpaired) electrons. The molecule has 1 atom stereocenters. The number of aliphatic carboxylic acids is 1. The summed E-state index contributed by atoms with van der Waals surface area (Å²) in [7, 11) is 1.59. The monoisotopic (exact) mass is 514 g/mol. The van der Waals surface area contributed by atoms with Crippen molar-refractivity contribution in [2.45, 2.75) is 18.9 Å². The highest BCUT2D eigenvalue weighted by molar-refractivity contribution is 9.11. The first kappa shape index (κ1) is 22.0. The molecule has 0 aliphatic carbocycles. The highest BCUT2D eigenvalue weighted by atomic mass is 79.9. The fourth-order valence-corrected chi connectivity index (χ4v) is 3.81. The van der Waals surface area contributed by atoms with Gasteiger partial charge in [0.2, 0.25) is 0 Å². The summed E-state index contributed by atoms with van der Waals surface area (Å²) in [4.78, 5) is 23.6. The van der Waals surface area contributed by atoms with E-state index in [-0.39, 0.29) is 12.2 Å². The largest absolute Gasteiger partial charge is 0.506 e. The van der Waals surface area contributed by atoms with Crippen LogP contribution in [0.4, 0.5) is 4.79 Å². The first-order valence-corrected chi connectivity index (χ1v) is 9.95. The van der Waals surface area contributed by atoms with Gasteiger partial charge in [0.05, 0.1) is 16.1 Å². The third-order valence-electron chi connectivity index (χ3n) is 3.95.